The Morgan fingerprint density at radius 2 is 1.55 bits per heavy atom. The molecule has 0 fully saturated rings. The highest BCUT2D eigenvalue weighted by Gasteiger charge is 2.41. The fourth-order valence-corrected chi connectivity index (χ4v) is 8.92. The Labute approximate surface area is 138 Å². The lowest BCUT2D eigenvalue weighted by Gasteiger charge is -2.38. The van der Waals surface area contributed by atoms with Crippen molar-refractivity contribution in [3.05, 3.63) is 34.9 Å². The van der Waals surface area contributed by atoms with Crippen LogP contribution in [-0.2, 0) is 6.42 Å². The lowest BCUT2D eigenvalue weighted by Crippen LogP contribution is -2.43. The molecule has 0 spiro atoms. The standard InChI is InChI=1S/C21H30Si/c1-9-19-11-12-21(20(10-2)15-19)13-14-22(16(3)4,17(5)6)18(7)8/h1,11-12,15-18H,10H2,2-8H3. The molecule has 0 N–H and O–H groups in total. The van der Waals surface area contributed by atoms with Gasteiger partial charge in [-0.3, -0.25) is 0 Å². The van der Waals surface area contributed by atoms with E-state index in [0.717, 1.165) is 17.5 Å². The molecule has 0 unspecified atom stereocenters. The van der Waals surface area contributed by atoms with E-state index in [1.54, 1.807) is 0 Å². The summed E-state index contributed by atoms with van der Waals surface area (Å²) in [6.07, 6.45) is 6.48. The van der Waals surface area contributed by atoms with Crippen molar-refractivity contribution in [1.29, 1.82) is 0 Å². The Balaban J connectivity index is 3.39. The highest BCUT2D eigenvalue weighted by Crippen LogP contribution is 2.40. The molecule has 0 aliphatic heterocycles. The second-order valence-electron chi connectivity index (χ2n) is 7.02. The van der Waals surface area contributed by atoms with Gasteiger partial charge in [-0.15, -0.1) is 12.0 Å². The zero-order chi connectivity index (χ0) is 16.9. The third-order valence-corrected chi connectivity index (χ3v) is 11.2. The number of hydrogen-bond donors (Lipinski definition) is 0. The molecular formula is C21H30Si. The lowest BCUT2D eigenvalue weighted by molar-refractivity contribution is 0.838. The molecule has 0 aliphatic carbocycles. The van der Waals surface area contributed by atoms with Crippen LogP contribution < -0.4 is 0 Å². The van der Waals surface area contributed by atoms with Gasteiger partial charge in [0.1, 0.15) is 8.07 Å². The van der Waals surface area contributed by atoms with Crippen molar-refractivity contribution in [2.24, 2.45) is 0 Å². The van der Waals surface area contributed by atoms with Gasteiger partial charge in [-0.25, -0.2) is 0 Å². The Morgan fingerprint density at radius 1 is 1.00 bits per heavy atom. The van der Waals surface area contributed by atoms with E-state index in [-0.39, 0.29) is 0 Å². The molecule has 0 atom stereocenters. The summed E-state index contributed by atoms with van der Waals surface area (Å²) >= 11 is 0. The van der Waals surface area contributed by atoms with Gasteiger partial charge >= 0.3 is 0 Å². The van der Waals surface area contributed by atoms with E-state index in [4.69, 9.17) is 6.42 Å². The Hall–Kier alpha value is -1.44. The average Bonchev–Trinajstić information content (AvgIpc) is 2.46. The van der Waals surface area contributed by atoms with E-state index < -0.39 is 8.07 Å². The minimum absolute atomic E-state index is 0.662. The molecule has 1 aromatic carbocycles. The van der Waals surface area contributed by atoms with Crippen LogP contribution in [0.3, 0.4) is 0 Å². The molecule has 0 saturated carbocycles. The van der Waals surface area contributed by atoms with Gasteiger partial charge < -0.3 is 0 Å². The van der Waals surface area contributed by atoms with E-state index in [9.17, 15) is 0 Å². The van der Waals surface area contributed by atoms with Crippen molar-refractivity contribution in [2.75, 3.05) is 0 Å². The summed E-state index contributed by atoms with van der Waals surface area (Å²) in [7, 11) is -1.67. The van der Waals surface area contributed by atoms with Gasteiger partial charge in [0.05, 0.1) is 0 Å². The highest BCUT2D eigenvalue weighted by molar-refractivity contribution is 6.90. The number of rotatable bonds is 4. The van der Waals surface area contributed by atoms with Crippen LogP contribution in [0.15, 0.2) is 18.2 Å². The number of aryl methyl sites for hydroxylation is 1. The second kappa shape index (κ2) is 7.71. The van der Waals surface area contributed by atoms with E-state index in [1.165, 1.54) is 5.56 Å². The molecule has 0 radical (unpaired) electrons. The van der Waals surface area contributed by atoms with Crippen molar-refractivity contribution in [3.63, 3.8) is 0 Å². The summed E-state index contributed by atoms with van der Waals surface area (Å²) in [5.41, 5.74) is 9.15. The molecule has 0 saturated heterocycles. The summed E-state index contributed by atoms with van der Waals surface area (Å²) in [5.74, 6) is 6.26. The molecule has 118 valence electrons. The minimum Gasteiger partial charge on any atom is -0.125 e. The largest absolute Gasteiger partial charge is 0.146 e. The van der Waals surface area contributed by atoms with Gasteiger partial charge in [-0.05, 0) is 46.8 Å². The van der Waals surface area contributed by atoms with E-state index in [0.29, 0.717) is 16.6 Å². The van der Waals surface area contributed by atoms with Crippen molar-refractivity contribution >= 4 is 8.07 Å². The summed E-state index contributed by atoms with van der Waals surface area (Å²) < 4.78 is 0. The van der Waals surface area contributed by atoms with Gasteiger partial charge in [0.2, 0.25) is 0 Å². The average molecular weight is 311 g/mol. The Morgan fingerprint density at radius 3 is 1.95 bits per heavy atom. The van der Waals surface area contributed by atoms with Crippen molar-refractivity contribution < 1.29 is 0 Å². The SMILES string of the molecule is C#Cc1ccc(C#C[Si](C(C)C)(C(C)C)C(C)C)c(CC)c1. The summed E-state index contributed by atoms with van der Waals surface area (Å²) in [6.45, 7) is 16.3. The molecule has 0 aliphatic rings. The summed E-state index contributed by atoms with van der Waals surface area (Å²) in [6, 6.07) is 6.21. The molecule has 0 heterocycles. The third-order valence-electron chi connectivity index (χ3n) is 4.93. The van der Waals surface area contributed by atoms with Crippen molar-refractivity contribution in [3.8, 4) is 23.8 Å². The van der Waals surface area contributed by atoms with E-state index in [2.05, 4.69) is 78.0 Å². The van der Waals surface area contributed by atoms with Crippen LogP contribution in [0.2, 0.25) is 16.6 Å². The Kier molecular flexibility index (Phi) is 6.52. The summed E-state index contributed by atoms with van der Waals surface area (Å²) in [5, 5.41) is 0. The molecule has 1 aromatic rings. The van der Waals surface area contributed by atoms with Gasteiger partial charge in [0.15, 0.2) is 0 Å². The fourth-order valence-electron chi connectivity index (χ4n) is 3.71. The highest BCUT2D eigenvalue weighted by atomic mass is 28.3. The Bertz CT molecular complexity index is 581. The minimum atomic E-state index is -1.67. The number of hydrogen-bond acceptors (Lipinski definition) is 0. The third kappa shape index (κ3) is 3.66. The fraction of sp³-hybridized carbons (Fsp3) is 0.524. The van der Waals surface area contributed by atoms with Crippen LogP contribution in [-0.4, -0.2) is 8.07 Å². The first-order valence-corrected chi connectivity index (χ1v) is 10.6. The van der Waals surface area contributed by atoms with Gasteiger partial charge in [-0.1, -0.05) is 60.3 Å². The van der Waals surface area contributed by atoms with Gasteiger partial charge in [0, 0.05) is 11.1 Å². The maximum absolute atomic E-state index is 5.51. The quantitative estimate of drug-likeness (QED) is 0.487. The number of benzene rings is 1. The molecule has 0 bridgehead atoms. The van der Waals surface area contributed by atoms with Crippen LogP contribution in [0, 0.1) is 23.8 Å². The van der Waals surface area contributed by atoms with E-state index >= 15 is 0 Å². The maximum atomic E-state index is 5.51. The zero-order valence-electron chi connectivity index (χ0n) is 15.2. The smallest absolute Gasteiger partial charge is 0.125 e. The molecule has 1 rings (SSSR count). The first-order valence-electron chi connectivity index (χ1n) is 8.42. The van der Waals surface area contributed by atoms with Crippen LogP contribution >= 0.6 is 0 Å². The molecule has 0 amide bonds. The predicted octanol–water partition coefficient (Wildman–Crippen LogP) is 5.80. The number of terminal acetylenes is 1. The monoisotopic (exact) mass is 310 g/mol. The second-order valence-corrected chi connectivity index (χ2v) is 12.6. The van der Waals surface area contributed by atoms with Crippen LogP contribution in [0.25, 0.3) is 0 Å². The van der Waals surface area contributed by atoms with Crippen molar-refractivity contribution in [1.82, 2.24) is 0 Å². The molecule has 0 nitrogen and oxygen atoms in total. The van der Waals surface area contributed by atoms with E-state index in [1.807, 2.05) is 6.07 Å². The maximum Gasteiger partial charge on any atom is 0.146 e. The predicted molar refractivity (Wildman–Crippen MR) is 102 cm³/mol. The lowest BCUT2D eigenvalue weighted by atomic mass is 10.0. The molecule has 22 heavy (non-hydrogen) atoms. The molecular weight excluding hydrogens is 280 g/mol. The van der Waals surface area contributed by atoms with Crippen LogP contribution in [0.5, 0.6) is 0 Å². The first kappa shape index (κ1) is 18.6. The molecule has 0 aromatic heterocycles. The first-order chi connectivity index (χ1) is 10.3. The van der Waals surface area contributed by atoms with Crippen LogP contribution in [0.1, 0.15) is 65.2 Å². The van der Waals surface area contributed by atoms with Crippen molar-refractivity contribution in [2.45, 2.75) is 71.5 Å². The topological polar surface area (TPSA) is 0 Å². The van der Waals surface area contributed by atoms with Gasteiger partial charge in [-0.2, -0.15) is 0 Å². The molecule has 1 heteroatoms. The van der Waals surface area contributed by atoms with Gasteiger partial charge in [0.25, 0.3) is 0 Å². The zero-order valence-corrected chi connectivity index (χ0v) is 16.2. The summed E-state index contributed by atoms with van der Waals surface area (Å²) in [4.78, 5) is 0. The van der Waals surface area contributed by atoms with Crippen LogP contribution in [0.4, 0.5) is 0 Å². The normalized spacial score (nSPS) is 11.5.